The summed E-state index contributed by atoms with van der Waals surface area (Å²) in [4.78, 5) is 41.6. The Labute approximate surface area is 209 Å². The van der Waals surface area contributed by atoms with E-state index in [1.807, 2.05) is 35.2 Å². The molecule has 2 aromatic carbocycles. The Kier molecular flexibility index (Phi) is 5.56. The summed E-state index contributed by atoms with van der Waals surface area (Å²) in [5, 5.41) is 2.89. The summed E-state index contributed by atoms with van der Waals surface area (Å²) in [7, 11) is 0. The van der Waals surface area contributed by atoms with Crippen molar-refractivity contribution in [1.29, 1.82) is 0 Å². The summed E-state index contributed by atoms with van der Waals surface area (Å²) < 4.78 is 11.8. The number of amides is 3. The number of aromatic amines is 1. The molecule has 0 bridgehead atoms. The zero-order chi connectivity index (χ0) is 23.9. The molecule has 1 unspecified atom stereocenters. The highest BCUT2D eigenvalue weighted by atomic mass is 79.9. The van der Waals surface area contributed by atoms with E-state index >= 15 is 0 Å². The van der Waals surface area contributed by atoms with E-state index in [-0.39, 0.29) is 25.3 Å². The number of ether oxygens (including phenoxy) is 2. The molecule has 3 aliphatic rings. The quantitative estimate of drug-likeness (QED) is 0.525. The maximum atomic E-state index is 13.3. The molecule has 10 nitrogen and oxygen atoms in total. The monoisotopic (exact) mass is 538 g/mol. The number of urea groups is 1. The van der Waals surface area contributed by atoms with Crippen LogP contribution < -0.4 is 19.7 Å². The molecule has 2 fully saturated rings. The van der Waals surface area contributed by atoms with Gasteiger partial charge in [-0.3, -0.25) is 20.0 Å². The fourth-order valence-electron chi connectivity index (χ4n) is 4.77. The number of piperidine rings is 1. The lowest BCUT2D eigenvalue weighted by molar-refractivity contribution is -0.130. The van der Waals surface area contributed by atoms with E-state index in [0.717, 1.165) is 53.4 Å². The molecule has 0 aliphatic carbocycles. The zero-order valence-electron chi connectivity index (χ0n) is 18.8. The number of nitrogens with zero attached hydrogens (tertiary/aromatic N) is 4. The molecule has 4 heterocycles. The minimum atomic E-state index is -0.600. The summed E-state index contributed by atoms with van der Waals surface area (Å²) in [6.45, 7) is 1.62. The van der Waals surface area contributed by atoms with Crippen LogP contribution in [0.5, 0.6) is 11.5 Å². The maximum Gasteiger partial charge on any atom is 0.328 e. The number of rotatable bonds is 4. The van der Waals surface area contributed by atoms with Crippen LogP contribution in [-0.4, -0.2) is 59.1 Å². The third-order valence-electron chi connectivity index (χ3n) is 6.53. The minimum Gasteiger partial charge on any atom is -0.454 e. The standard InChI is InChI=1S/C24H23BrN6O4/c25-16-10-20-19(34-13-35-20)9-15(16)22-23(26-11-21(32)30-6-2-1-3-7-30)29-24(33)31(22)14-4-5-17-18(8-14)28-12-27-17/h4-5,8-10,12,22H,1-3,6-7,11,13H2,(H,27,28)(H,26,29,33). The highest BCUT2D eigenvalue weighted by Gasteiger charge is 2.41. The van der Waals surface area contributed by atoms with Crippen molar-refractivity contribution >= 4 is 50.4 Å². The Bertz CT molecular complexity index is 1350. The third-order valence-corrected chi connectivity index (χ3v) is 7.22. The van der Waals surface area contributed by atoms with Crippen LogP contribution in [0.3, 0.4) is 0 Å². The van der Waals surface area contributed by atoms with Crippen molar-refractivity contribution in [3.8, 4) is 11.5 Å². The summed E-state index contributed by atoms with van der Waals surface area (Å²) in [5.41, 5.74) is 3.03. The van der Waals surface area contributed by atoms with Crippen molar-refractivity contribution < 1.29 is 19.1 Å². The van der Waals surface area contributed by atoms with Gasteiger partial charge in [-0.1, -0.05) is 15.9 Å². The predicted octanol–water partition coefficient (Wildman–Crippen LogP) is 3.74. The van der Waals surface area contributed by atoms with E-state index in [4.69, 9.17) is 9.47 Å². The maximum absolute atomic E-state index is 13.3. The van der Waals surface area contributed by atoms with Crippen molar-refractivity contribution in [2.24, 2.45) is 4.99 Å². The van der Waals surface area contributed by atoms with Crippen LogP contribution in [0, 0.1) is 0 Å². The van der Waals surface area contributed by atoms with Gasteiger partial charge >= 0.3 is 6.03 Å². The van der Waals surface area contributed by atoms with E-state index < -0.39 is 6.04 Å². The average molecular weight is 539 g/mol. The van der Waals surface area contributed by atoms with Crippen molar-refractivity contribution in [3.05, 3.63) is 46.7 Å². The fourth-order valence-corrected chi connectivity index (χ4v) is 5.30. The van der Waals surface area contributed by atoms with Crippen molar-refractivity contribution in [2.75, 3.05) is 31.3 Å². The van der Waals surface area contributed by atoms with Crippen LogP contribution in [0.2, 0.25) is 0 Å². The molecule has 0 spiro atoms. The van der Waals surface area contributed by atoms with Crippen molar-refractivity contribution in [3.63, 3.8) is 0 Å². The highest BCUT2D eigenvalue weighted by molar-refractivity contribution is 9.10. The first-order valence-electron chi connectivity index (χ1n) is 11.5. The van der Waals surface area contributed by atoms with Gasteiger partial charge in [-0.25, -0.2) is 9.78 Å². The molecular weight excluding hydrogens is 516 g/mol. The van der Waals surface area contributed by atoms with Crippen LogP contribution in [0.1, 0.15) is 30.9 Å². The van der Waals surface area contributed by atoms with E-state index in [0.29, 0.717) is 23.0 Å². The van der Waals surface area contributed by atoms with Crippen LogP contribution in [0.15, 0.2) is 46.1 Å². The Morgan fingerprint density at radius 2 is 1.94 bits per heavy atom. The number of anilines is 1. The fraction of sp³-hybridized carbons (Fsp3) is 0.333. The lowest BCUT2D eigenvalue weighted by Gasteiger charge is -2.26. The number of H-pyrrole nitrogens is 1. The number of benzene rings is 2. The van der Waals surface area contributed by atoms with Gasteiger partial charge in [0, 0.05) is 28.8 Å². The molecule has 3 aliphatic heterocycles. The minimum absolute atomic E-state index is 0.0273. The second-order valence-electron chi connectivity index (χ2n) is 8.68. The molecule has 0 radical (unpaired) electrons. The van der Waals surface area contributed by atoms with Crippen molar-refractivity contribution in [1.82, 2.24) is 20.2 Å². The highest BCUT2D eigenvalue weighted by Crippen LogP contribution is 2.43. The first kappa shape index (κ1) is 21.9. The second kappa shape index (κ2) is 8.88. The van der Waals surface area contributed by atoms with Gasteiger partial charge < -0.3 is 19.4 Å². The van der Waals surface area contributed by atoms with Crippen LogP contribution in [0.25, 0.3) is 11.0 Å². The zero-order valence-corrected chi connectivity index (χ0v) is 20.4. The molecule has 2 N–H and O–H groups in total. The molecular formula is C24H23BrN6O4. The smallest absolute Gasteiger partial charge is 0.328 e. The normalized spacial score (nSPS) is 20.7. The number of amidine groups is 1. The summed E-state index contributed by atoms with van der Waals surface area (Å²) in [5.74, 6) is 1.59. The van der Waals surface area contributed by atoms with Gasteiger partial charge in [-0.2, -0.15) is 0 Å². The van der Waals surface area contributed by atoms with E-state index in [1.54, 1.807) is 11.2 Å². The lowest BCUT2D eigenvalue weighted by atomic mass is 10.0. The number of halogens is 1. The topological polar surface area (TPSA) is 112 Å². The van der Waals surface area contributed by atoms with E-state index in [1.165, 1.54) is 0 Å². The molecule has 35 heavy (non-hydrogen) atoms. The Morgan fingerprint density at radius 1 is 1.14 bits per heavy atom. The number of aromatic nitrogens is 2. The molecule has 11 heteroatoms. The number of hydrogen-bond acceptors (Lipinski definition) is 6. The van der Waals surface area contributed by atoms with E-state index in [2.05, 4.69) is 36.2 Å². The Hall–Kier alpha value is -3.60. The van der Waals surface area contributed by atoms with Crippen LogP contribution >= 0.6 is 15.9 Å². The largest absolute Gasteiger partial charge is 0.454 e. The molecule has 1 aromatic heterocycles. The van der Waals surface area contributed by atoms with Gasteiger partial charge in [0.05, 0.1) is 17.4 Å². The first-order valence-corrected chi connectivity index (χ1v) is 12.3. The molecule has 1 atom stereocenters. The number of carbonyl (C=O) groups excluding carboxylic acids is 2. The number of hydrogen-bond donors (Lipinski definition) is 2. The number of carbonyl (C=O) groups is 2. The van der Waals surface area contributed by atoms with Crippen LogP contribution in [0.4, 0.5) is 10.5 Å². The SMILES string of the molecule is O=C(C/N=C1\NC(=O)N(c2ccc3[nH]cnc3c2)C1c1cc2c(cc1Br)OCO2)N1CCCCC1. The molecule has 0 saturated carbocycles. The first-order chi connectivity index (χ1) is 17.1. The van der Waals surface area contributed by atoms with Gasteiger partial charge in [-0.05, 0) is 49.6 Å². The van der Waals surface area contributed by atoms with Crippen molar-refractivity contribution in [2.45, 2.75) is 25.3 Å². The number of fused-ring (bicyclic) bond motifs is 2. The van der Waals surface area contributed by atoms with Gasteiger partial charge in [0.1, 0.15) is 18.4 Å². The molecule has 2 saturated heterocycles. The van der Waals surface area contributed by atoms with Crippen LogP contribution in [-0.2, 0) is 4.79 Å². The van der Waals surface area contributed by atoms with Gasteiger partial charge in [-0.15, -0.1) is 0 Å². The molecule has 3 amide bonds. The molecule has 6 rings (SSSR count). The Balaban J connectivity index is 1.40. The molecule has 180 valence electrons. The lowest BCUT2D eigenvalue weighted by Crippen LogP contribution is -2.37. The van der Waals surface area contributed by atoms with Gasteiger partial charge in [0.2, 0.25) is 12.7 Å². The number of imidazole rings is 1. The number of nitrogens with one attached hydrogen (secondary N) is 2. The summed E-state index contributed by atoms with van der Waals surface area (Å²) >= 11 is 3.63. The Morgan fingerprint density at radius 3 is 2.77 bits per heavy atom. The van der Waals surface area contributed by atoms with E-state index in [9.17, 15) is 9.59 Å². The molecule has 3 aromatic rings. The predicted molar refractivity (Wildman–Crippen MR) is 133 cm³/mol. The average Bonchev–Trinajstić information content (AvgIpc) is 3.60. The number of aliphatic imine (C=N–C) groups is 1. The third kappa shape index (κ3) is 3.99. The van der Waals surface area contributed by atoms with Gasteiger partial charge in [0.15, 0.2) is 11.5 Å². The summed E-state index contributed by atoms with van der Waals surface area (Å²) in [6, 6.07) is 8.32. The number of likely N-dealkylation sites (tertiary alicyclic amines) is 1. The second-order valence-corrected chi connectivity index (χ2v) is 9.53. The summed E-state index contributed by atoms with van der Waals surface area (Å²) in [6.07, 6.45) is 4.78. The van der Waals surface area contributed by atoms with Gasteiger partial charge in [0.25, 0.3) is 0 Å².